The first-order valence-corrected chi connectivity index (χ1v) is 5.88. The SMILES string of the molecule is CC(C)(C)C1(C(C)(C)S)CCCC1. The molecule has 1 aliphatic rings. The fraction of sp³-hybridized carbons (Fsp3) is 1.00. The minimum atomic E-state index is 0.155. The molecular weight excluding hydrogens is 176 g/mol. The number of thiol groups is 1. The average molecular weight is 200 g/mol. The van der Waals surface area contributed by atoms with Gasteiger partial charge in [0.25, 0.3) is 0 Å². The molecule has 0 N–H and O–H groups in total. The number of rotatable bonds is 1. The van der Waals surface area contributed by atoms with Crippen molar-refractivity contribution >= 4 is 12.6 Å². The largest absolute Gasteiger partial charge is 0.172 e. The maximum atomic E-state index is 4.83. The van der Waals surface area contributed by atoms with E-state index in [1.807, 2.05) is 0 Å². The minimum Gasteiger partial charge on any atom is -0.172 e. The summed E-state index contributed by atoms with van der Waals surface area (Å²) in [6, 6.07) is 0. The zero-order valence-electron chi connectivity index (χ0n) is 9.78. The molecule has 0 aromatic heterocycles. The zero-order chi connectivity index (χ0) is 10.3. The van der Waals surface area contributed by atoms with E-state index in [1.165, 1.54) is 25.7 Å². The highest BCUT2D eigenvalue weighted by Gasteiger charge is 2.52. The molecule has 0 amide bonds. The van der Waals surface area contributed by atoms with Crippen LogP contribution >= 0.6 is 12.6 Å². The van der Waals surface area contributed by atoms with E-state index in [1.54, 1.807) is 0 Å². The summed E-state index contributed by atoms with van der Waals surface area (Å²) in [4.78, 5) is 0. The third-order valence-electron chi connectivity index (χ3n) is 4.06. The van der Waals surface area contributed by atoms with Gasteiger partial charge in [-0.25, -0.2) is 0 Å². The van der Waals surface area contributed by atoms with Crippen LogP contribution in [0.3, 0.4) is 0 Å². The van der Waals surface area contributed by atoms with Gasteiger partial charge in [-0.2, -0.15) is 12.6 Å². The molecular formula is C12H24S. The van der Waals surface area contributed by atoms with E-state index < -0.39 is 0 Å². The van der Waals surface area contributed by atoms with Gasteiger partial charge in [0, 0.05) is 4.75 Å². The van der Waals surface area contributed by atoms with Crippen molar-refractivity contribution in [2.24, 2.45) is 10.8 Å². The van der Waals surface area contributed by atoms with Crippen molar-refractivity contribution in [2.45, 2.75) is 65.0 Å². The molecule has 0 unspecified atom stereocenters. The van der Waals surface area contributed by atoms with Crippen molar-refractivity contribution in [1.29, 1.82) is 0 Å². The van der Waals surface area contributed by atoms with Crippen molar-refractivity contribution in [3.63, 3.8) is 0 Å². The van der Waals surface area contributed by atoms with Crippen molar-refractivity contribution in [3.8, 4) is 0 Å². The number of hydrogen-bond donors (Lipinski definition) is 1. The highest BCUT2D eigenvalue weighted by molar-refractivity contribution is 7.81. The summed E-state index contributed by atoms with van der Waals surface area (Å²) in [5.74, 6) is 0. The van der Waals surface area contributed by atoms with Crippen LogP contribution in [0.25, 0.3) is 0 Å². The van der Waals surface area contributed by atoms with Gasteiger partial charge in [-0.15, -0.1) is 0 Å². The van der Waals surface area contributed by atoms with E-state index in [0.717, 1.165) is 0 Å². The summed E-state index contributed by atoms with van der Waals surface area (Å²) in [5.41, 5.74) is 0.817. The summed E-state index contributed by atoms with van der Waals surface area (Å²) in [6.45, 7) is 11.7. The van der Waals surface area contributed by atoms with Gasteiger partial charge in [0.1, 0.15) is 0 Å². The fourth-order valence-corrected chi connectivity index (χ4v) is 3.82. The van der Waals surface area contributed by atoms with Crippen molar-refractivity contribution < 1.29 is 0 Å². The van der Waals surface area contributed by atoms with Crippen LogP contribution in [0.15, 0.2) is 0 Å². The van der Waals surface area contributed by atoms with E-state index in [2.05, 4.69) is 34.6 Å². The van der Waals surface area contributed by atoms with E-state index in [0.29, 0.717) is 10.8 Å². The molecule has 0 nitrogen and oxygen atoms in total. The highest BCUT2D eigenvalue weighted by atomic mass is 32.1. The standard InChI is InChI=1S/C12H24S/c1-10(2,3)12(11(4,5)13)8-6-7-9-12/h13H,6-9H2,1-5H3. The Kier molecular flexibility index (Phi) is 2.80. The lowest BCUT2D eigenvalue weighted by Gasteiger charge is -2.51. The molecule has 0 radical (unpaired) electrons. The number of hydrogen-bond acceptors (Lipinski definition) is 1. The Labute approximate surface area is 88.9 Å². The molecule has 0 bridgehead atoms. The second-order valence-corrected chi connectivity index (χ2v) is 7.22. The van der Waals surface area contributed by atoms with Gasteiger partial charge in [0.2, 0.25) is 0 Å². The summed E-state index contributed by atoms with van der Waals surface area (Å²) in [6.07, 6.45) is 5.49. The van der Waals surface area contributed by atoms with Crippen LogP contribution in [-0.4, -0.2) is 4.75 Å². The second kappa shape index (κ2) is 3.18. The molecule has 0 saturated heterocycles. The lowest BCUT2D eigenvalue weighted by molar-refractivity contribution is 0.0579. The Morgan fingerprint density at radius 3 is 1.46 bits per heavy atom. The first kappa shape index (κ1) is 11.4. The lowest BCUT2D eigenvalue weighted by Crippen LogP contribution is -2.47. The molecule has 0 atom stereocenters. The molecule has 13 heavy (non-hydrogen) atoms. The average Bonchev–Trinajstić information content (AvgIpc) is 2.28. The third kappa shape index (κ3) is 1.77. The summed E-state index contributed by atoms with van der Waals surface area (Å²) >= 11 is 4.83. The predicted molar refractivity (Wildman–Crippen MR) is 63.4 cm³/mol. The maximum absolute atomic E-state index is 4.83. The molecule has 1 fully saturated rings. The molecule has 0 spiro atoms. The summed E-state index contributed by atoms with van der Waals surface area (Å²) in [5, 5.41) is 0. The van der Waals surface area contributed by atoms with Crippen LogP contribution < -0.4 is 0 Å². The smallest absolute Gasteiger partial charge is 0.0134 e. The van der Waals surface area contributed by atoms with Gasteiger partial charge < -0.3 is 0 Å². The summed E-state index contributed by atoms with van der Waals surface area (Å²) in [7, 11) is 0. The van der Waals surface area contributed by atoms with Crippen LogP contribution in [0.4, 0.5) is 0 Å². The van der Waals surface area contributed by atoms with Gasteiger partial charge in [-0.05, 0) is 23.7 Å². The molecule has 1 aliphatic carbocycles. The van der Waals surface area contributed by atoms with Crippen LogP contribution in [0.2, 0.25) is 0 Å². The van der Waals surface area contributed by atoms with Crippen LogP contribution in [0.1, 0.15) is 60.3 Å². The Morgan fingerprint density at radius 1 is 0.923 bits per heavy atom. The first-order valence-electron chi connectivity index (χ1n) is 5.43. The first-order chi connectivity index (χ1) is 5.71. The third-order valence-corrected chi connectivity index (χ3v) is 4.49. The molecule has 0 aromatic rings. The molecule has 0 aromatic carbocycles. The predicted octanol–water partition coefficient (Wildman–Crippen LogP) is 4.30. The lowest BCUT2D eigenvalue weighted by atomic mass is 9.59. The van der Waals surface area contributed by atoms with Gasteiger partial charge in [0.15, 0.2) is 0 Å². The zero-order valence-corrected chi connectivity index (χ0v) is 10.7. The molecule has 0 aliphatic heterocycles. The maximum Gasteiger partial charge on any atom is 0.0134 e. The van der Waals surface area contributed by atoms with Gasteiger partial charge in [-0.3, -0.25) is 0 Å². The molecule has 78 valence electrons. The highest BCUT2D eigenvalue weighted by Crippen LogP contribution is 2.59. The Morgan fingerprint density at radius 2 is 1.31 bits per heavy atom. The topological polar surface area (TPSA) is 0 Å². The molecule has 1 saturated carbocycles. The van der Waals surface area contributed by atoms with Gasteiger partial charge in [0.05, 0.1) is 0 Å². The van der Waals surface area contributed by atoms with E-state index in [4.69, 9.17) is 12.6 Å². The Hall–Kier alpha value is 0.350. The van der Waals surface area contributed by atoms with Gasteiger partial charge >= 0.3 is 0 Å². The van der Waals surface area contributed by atoms with Crippen LogP contribution in [-0.2, 0) is 0 Å². The van der Waals surface area contributed by atoms with Crippen molar-refractivity contribution in [1.82, 2.24) is 0 Å². The van der Waals surface area contributed by atoms with E-state index in [9.17, 15) is 0 Å². The van der Waals surface area contributed by atoms with E-state index >= 15 is 0 Å². The summed E-state index contributed by atoms with van der Waals surface area (Å²) < 4.78 is 0.155. The van der Waals surface area contributed by atoms with Gasteiger partial charge in [-0.1, -0.05) is 47.5 Å². The Bertz CT molecular complexity index is 158. The van der Waals surface area contributed by atoms with E-state index in [-0.39, 0.29) is 4.75 Å². The normalized spacial score (nSPS) is 23.5. The van der Waals surface area contributed by atoms with Crippen LogP contribution in [0, 0.1) is 10.8 Å². The van der Waals surface area contributed by atoms with Crippen molar-refractivity contribution in [2.75, 3.05) is 0 Å². The minimum absolute atomic E-state index is 0.155. The van der Waals surface area contributed by atoms with Crippen molar-refractivity contribution in [3.05, 3.63) is 0 Å². The van der Waals surface area contributed by atoms with Crippen LogP contribution in [0.5, 0.6) is 0 Å². The Balaban J connectivity index is 3.02. The second-order valence-electron chi connectivity index (χ2n) is 6.10. The molecule has 1 rings (SSSR count). The quantitative estimate of drug-likeness (QED) is 0.599. The fourth-order valence-electron chi connectivity index (χ4n) is 3.26. The monoisotopic (exact) mass is 200 g/mol. The molecule has 0 heterocycles. The molecule has 1 heteroatoms.